The van der Waals surface area contributed by atoms with Crippen LogP contribution in [0.1, 0.15) is 53.9 Å². The Morgan fingerprint density at radius 2 is 1.12 bits per heavy atom. The molecule has 0 spiro atoms. The lowest BCUT2D eigenvalue weighted by Gasteiger charge is -2.35. The molecule has 0 aromatic carbocycles. The lowest BCUT2D eigenvalue weighted by molar-refractivity contribution is -0.134. The van der Waals surface area contributed by atoms with Crippen LogP contribution in [0.2, 0.25) is 0 Å². The van der Waals surface area contributed by atoms with Crippen LogP contribution in [0.15, 0.2) is 0 Å². The van der Waals surface area contributed by atoms with Gasteiger partial charge in [-0.15, -0.1) is 0 Å². The van der Waals surface area contributed by atoms with Gasteiger partial charge in [0.2, 0.25) is 0 Å². The van der Waals surface area contributed by atoms with Crippen molar-refractivity contribution in [1.82, 2.24) is 0 Å². The number of rotatable bonds is 12. The zero-order chi connectivity index (χ0) is 20.0. The molecule has 1 fully saturated rings. The Morgan fingerprint density at radius 1 is 0.808 bits per heavy atom. The van der Waals surface area contributed by atoms with Crippen LogP contribution in [0.25, 0.3) is 0 Å². The zero-order valence-electron chi connectivity index (χ0n) is 16.2. The smallest absolute Gasteiger partial charge is 0.308 e. The van der Waals surface area contributed by atoms with E-state index in [9.17, 15) is 18.7 Å². The minimum absolute atomic E-state index is 0.000957. The SMILES string of the molecule is CCOP(=O)(OCC)C(CC1(C)CC(=O)C(=O)C1)P(=O)(OCC)OCC. The van der Waals surface area contributed by atoms with Crippen LogP contribution in [0.5, 0.6) is 0 Å². The van der Waals surface area contributed by atoms with Crippen molar-refractivity contribution >= 4 is 26.8 Å². The highest BCUT2D eigenvalue weighted by Gasteiger charge is 2.55. The molecule has 8 nitrogen and oxygen atoms in total. The van der Waals surface area contributed by atoms with E-state index in [0.717, 1.165) is 0 Å². The first-order valence-electron chi connectivity index (χ1n) is 8.93. The van der Waals surface area contributed by atoms with Gasteiger partial charge in [-0.25, -0.2) is 0 Å². The second kappa shape index (κ2) is 9.72. The van der Waals surface area contributed by atoms with Crippen molar-refractivity contribution < 1.29 is 36.8 Å². The van der Waals surface area contributed by atoms with E-state index in [1.165, 1.54) is 0 Å². The quantitative estimate of drug-likeness (QED) is 0.347. The topological polar surface area (TPSA) is 105 Å². The third-order valence-corrected chi connectivity index (χ3v) is 10.1. The fourth-order valence-electron chi connectivity index (χ4n) is 3.16. The van der Waals surface area contributed by atoms with Crippen molar-refractivity contribution in [3.8, 4) is 0 Å². The summed E-state index contributed by atoms with van der Waals surface area (Å²) in [5.74, 6) is -0.951. The number of carbonyl (C=O) groups excluding carboxylic acids is 2. The van der Waals surface area contributed by atoms with E-state index >= 15 is 0 Å². The Morgan fingerprint density at radius 3 is 1.38 bits per heavy atom. The molecule has 0 atom stereocenters. The van der Waals surface area contributed by atoms with Crippen LogP contribution in [0.3, 0.4) is 0 Å². The summed E-state index contributed by atoms with van der Waals surface area (Å²) < 4.78 is 48.6. The monoisotopic (exact) mass is 412 g/mol. The first kappa shape index (κ1) is 23.7. The second-order valence-electron chi connectivity index (χ2n) is 6.45. The van der Waals surface area contributed by atoms with Gasteiger partial charge < -0.3 is 18.1 Å². The molecule has 0 aliphatic heterocycles. The van der Waals surface area contributed by atoms with Gasteiger partial charge in [-0.05, 0) is 39.5 Å². The number of hydrogen-bond acceptors (Lipinski definition) is 8. The molecular formula is C16H30O8P2. The predicted molar refractivity (Wildman–Crippen MR) is 97.5 cm³/mol. The summed E-state index contributed by atoms with van der Waals surface area (Å²) in [5.41, 5.74) is -0.799. The van der Waals surface area contributed by atoms with Gasteiger partial charge in [0.05, 0.1) is 26.4 Å². The Kier molecular flexibility index (Phi) is 8.85. The van der Waals surface area contributed by atoms with Crippen LogP contribution >= 0.6 is 15.2 Å². The summed E-state index contributed by atoms with van der Waals surface area (Å²) >= 11 is 0. The van der Waals surface area contributed by atoms with Crippen LogP contribution in [0.4, 0.5) is 0 Å². The van der Waals surface area contributed by atoms with Gasteiger partial charge in [-0.1, -0.05) is 6.92 Å². The molecule has 0 saturated heterocycles. The molecule has 0 aromatic rings. The minimum Gasteiger partial charge on any atom is -0.308 e. The Labute approximate surface area is 155 Å². The van der Waals surface area contributed by atoms with E-state index in [1.54, 1.807) is 34.6 Å². The highest BCUT2D eigenvalue weighted by molar-refractivity contribution is 7.72. The third kappa shape index (κ3) is 5.57. The van der Waals surface area contributed by atoms with Crippen molar-refractivity contribution in [1.29, 1.82) is 0 Å². The Bertz CT molecular complexity index is 537. The molecule has 0 N–H and O–H groups in total. The van der Waals surface area contributed by atoms with Crippen molar-refractivity contribution in [3.63, 3.8) is 0 Å². The molecule has 152 valence electrons. The fourth-order valence-corrected chi connectivity index (χ4v) is 8.95. The zero-order valence-corrected chi connectivity index (χ0v) is 18.0. The number of ketones is 2. The molecule has 1 aliphatic rings. The Balaban J connectivity index is 3.36. The molecule has 1 saturated carbocycles. The number of Topliss-reactive ketones (excluding diaryl/α,β-unsaturated/α-hetero) is 2. The van der Waals surface area contributed by atoms with Gasteiger partial charge in [0.15, 0.2) is 17.0 Å². The molecule has 0 radical (unpaired) electrons. The molecule has 0 aromatic heterocycles. The standard InChI is InChI=1S/C16H30O8P2/c1-6-21-25(19,22-7-2)15(26(20,23-8-3)24-9-4)12-16(5)10-13(17)14(18)11-16/h15H,6-12H2,1-5H3. The highest BCUT2D eigenvalue weighted by atomic mass is 31.2. The van der Waals surface area contributed by atoms with Crippen molar-refractivity contribution in [2.75, 3.05) is 26.4 Å². The summed E-state index contributed by atoms with van der Waals surface area (Å²) in [4.78, 5) is 23.5. The molecule has 0 unspecified atom stereocenters. The van der Waals surface area contributed by atoms with E-state index in [4.69, 9.17) is 18.1 Å². The molecule has 10 heteroatoms. The second-order valence-corrected chi connectivity index (χ2v) is 11.3. The summed E-state index contributed by atoms with van der Waals surface area (Å²) in [5, 5.41) is -1.21. The van der Waals surface area contributed by atoms with E-state index in [1.807, 2.05) is 0 Å². The highest BCUT2D eigenvalue weighted by Crippen LogP contribution is 2.73. The minimum atomic E-state index is -3.88. The normalized spacial score (nSPS) is 18.1. The lowest BCUT2D eigenvalue weighted by atomic mass is 9.86. The molecular weight excluding hydrogens is 382 g/mol. The molecule has 0 heterocycles. The first-order valence-corrected chi connectivity index (χ1v) is 12.2. The van der Waals surface area contributed by atoms with Gasteiger partial charge in [0.1, 0.15) is 0 Å². The van der Waals surface area contributed by atoms with Gasteiger partial charge in [0, 0.05) is 12.8 Å². The van der Waals surface area contributed by atoms with Crippen LogP contribution < -0.4 is 0 Å². The summed E-state index contributed by atoms with van der Waals surface area (Å²) in [7, 11) is -7.76. The molecule has 26 heavy (non-hydrogen) atoms. The van der Waals surface area contributed by atoms with Gasteiger partial charge in [-0.2, -0.15) is 0 Å². The summed E-state index contributed by atoms with van der Waals surface area (Å²) in [6.07, 6.45) is -0.00327. The average Bonchev–Trinajstić information content (AvgIpc) is 2.79. The number of carbonyl (C=O) groups is 2. The molecule has 0 bridgehead atoms. The lowest BCUT2D eigenvalue weighted by Crippen LogP contribution is -2.25. The Hall–Kier alpha value is -0.360. The largest absolute Gasteiger partial charge is 0.345 e. The first-order chi connectivity index (χ1) is 12.1. The van der Waals surface area contributed by atoms with Crippen LogP contribution in [-0.2, 0) is 36.8 Å². The third-order valence-electron chi connectivity index (χ3n) is 4.13. The summed E-state index contributed by atoms with van der Waals surface area (Å²) in [6.45, 7) is 8.67. The van der Waals surface area contributed by atoms with Crippen molar-refractivity contribution in [2.45, 2.75) is 59.3 Å². The van der Waals surface area contributed by atoms with Gasteiger partial charge in [-0.3, -0.25) is 18.7 Å². The fraction of sp³-hybridized carbons (Fsp3) is 0.875. The number of hydrogen-bond donors (Lipinski definition) is 0. The molecule has 1 aliphatic carbocycles. The van der Waals surface area contributed by atoms with Crippen molar-refractivity contribution in [3.05, 3.63) is 0 Å². The predicted octanol–water partition coefficient (Wildman–Crippen LogP) is 4.17. The van der Waals surface area contributed by atoms with Gasteiger partial charge in [0.25, 0.3) is 0 Å². The van der Waals surface area contributed by atoms with E-state index in [-0.39, 0.29) is 45.7 Å². The van der Waals surface area contributed by atoms with Gasteiger partial charge >= 0.3 is 15.2 Å². The van der Waals surface area contributed by atoms with Crippen LogP contribution in [0, 0.1) is 5.41 Å². The maximum absolute atomic E-state index is 13.5. The molecule has 1 rings (SSSR count). The summed E-state index contributed by atoms with van der Waals surface area (Å²) in [6, 6.07) is 0. The van der Waals surface area contributed by atoms with E-state index < -0.39 is 37.6 Å². The van der Waals surface area contributed by atoms with Crippen molar-refractivity contribution in [2.24, 2.45) is 5.41 Å². The molecule has 0 amide bonds. The van der Waals surface area contributed by atoms with E-state index in [2.05, 4.69) is 0 Å². The maximum atomic E-state index is 13.5. The maximum Gasteiger partial charge on any atom is 0.345 e. The van der Waals surface area contributed by atoms with Crippen LogP contribution in [-0.4, -0.2) is 43.4 Å². The average molecular weight is 412 g/mol. The van der Waals surface area contributed by atoms with E-state index in [0.29, 0.717) is 0 Å².